The van der Waals surface area contributed by atoms with Crippen molar-refractivity contribution in [1.82, 2.24) is 0 Å². The summed E-state index contributed by atoms with van der Waals surface area (Å²) >= 11 is 1.69. The maximum Gasteiger partial charge on any atom is 0.269 e. The highest BCUT2D eigenvalue weighted by Gasteiger charge is 2.09. The zero-order chi connectivity index (χ0) is 13.0. The fraction of sp³-hybridized carbons (Fsp3) is 0.143. The Hall–Kier alpha value is -1.81. The van der Waals surface area contributed by atoms with Crippen LogP contribution in [0, 0.1) is 10.1 Å². The van der Waals surface area contributed by atoms with Crippen LogP contribution in [0.2, 0.25) is 0 Å². The van der Waals surface area contributed by atoms with E-state index >= 15 is 0 Å². The fourth-order valence-corrected chi connectivity index (χ4v) is 2.64. The molecule has 0 heterocycles. The number of non-ortho nitro benzene ring substituents is 1. The van der Waals surface area contributed by atoms with E-state index in [9.17, 15) is 10.1 Å². The third-order valence-corrected chi connectivity index (χ3v) is 3.80. The smallest absolute Gasteiger partial charge is 0.258 e. The molecule has 0 aliphatic carbocycles. The molecule has 0 N–H and O–H groups in total. The van der Waals surface area contributed by atoms with Gasteiger partial charge in [0.15, 0.2) is 0 Å². The molecule has 2 rings (SSSR count). The van der Waals surface area contributed by atoms with Crippen molar-refractivity contribution in [3.8, 4) is 0 Å². The molecule has 0 aromatic heterocycles. The number of hydrogen-bond acceptors (Lipinski definition) is 3. The first-order valence-corrected chi connectivity index (χ1v) is 6.51. The number of hydrogen-bond donors (Lipinski definition) is 0. The molecule has 0 fully saturated rings. The van der Waals surface area contributed by atoms with Gasteiger partial charge in [-0.3, -0.25) is 10.1 Å². The fourth-order valence-electron chi connectivity index (χ4n) is 1.64. The second-order valence-corrected chi connectivity index (χ2v) is 5.34. The van der Waals surface area contributed by atoms with Crippen molar-refractivity contribution in [3.63, 3.8) is 0 Å². The summed E-state index contributed by atoms with van der Waals surface area (Å²) in [4.78, 5) is 11.2. The minimum Gasteiger partial charge on any atom is -0.258 e. The molecule has 0 saturated carbocycles. The standard InChI is InChI=1S/C14H13NO2S/c1-11(12-5-3-2-4-6-12)18-14-9-7-13(8-10-14)15(16)17/h2-11H,1H3/t11-/m0/s1. The third kappa shape index (κ3) is 3.11. The summed E-state index contributed by atoms with van der Waals surface area (Å²) < 4.78 is 0. The van der Waals surface area contributed by atoms with Gasteiger partial charge in [0.1, 0.15) is 0 Å². The monoisotopic (exact) mass is 259 g/mol. The first kappa shape index (κ1) is 12.6. The van der Waals surface area contributed by atoms with E-state index in [-0.39, 0.29) is 10.6 Å². The quantitative estimate of drug-likeness (QED) is 0.463. The second-order valence-electron chi connectivity index (χ2n) is 3.92. The molecule has 0 radical (unpaired) electrons. The molecule has 0 amide bonds. The van der Waals surface area contributed by atoms with E-state index in [0.717, 1.165) is 4.90 Å². The van der Waals surface area contributed by atoms with Gasteiger partial charge >= 0.3 is 0 Å². The Bertz CT molecular complexity index is 525. The summed E-state index contributed by atoms with van der Waals surface area (Å²) in [6.07, 6.45) is 0. The van der Waals surface area contributed by atoms with E-state index < -0.39 is 0 Å². The SMILES string of the molecule is C[C@H](Sc1ccc([N+](=O)[O-])cc1)c1ccccc1. The average Bonchev–Trinajstić information content (AvgIpc) is 2.40. The van der Waals surface area contributed by atoms with Crippen molar-refractivity contribution in [2.24, 2.45) is 0 Å². The molecule has 0 aliphatic rings. The molecule has 2 aromatic carbocycles. The minimum atomic E-state index is -0.380. The van der Waals surface area contributed by atoms with Crippen LogP contribution in [-0.2, 0) is 0 Å². The Labute approximate surface area is 110 Å². The van der Waals surface area contributed by atoms with Gasteiger partial charge < -0.3 is 0 Å². The predicted octanol–water partition coefficient (Wildman–Crippen LogP) is 4.45. The molecule has 3 nitrogen and oxygen atoms in total. The van der Waals surface area contributed by atoms with Gasteiger partial charge in [-0.1, -0.05) is 30.3 Å². The lowest BCUT2D eigenvalue weighted by atomic mass is 10.2. The van der Waals surface area contributed by atoms with Crippen molar-refractivity contribution in [1.29, 1.82) is 0 Å². The van der Waals surface area contributed by atoms with Crippen LogP contribution in [0.4, 0.5) is 5.69 Å². The lowest BCUT2D eigenvalue weighted by molar-refractivity contribution is -0.384. The highest BCUT2D eigenvalue weighted by atomic mass is 32.2. The van der Waals surface area contributed by atoms with Crippen LogP contribution in [0.25, 0.3) is 0 Å². The Balaban J connectivity index is 2.08. The number of nitro groups is 1. The van der Waals surface area contributed by atoms with Crippen molar-refractivity contribution >= 4 is 17.4 Å². The lowest BCUT2D eigenvalue weighted by Gasteiger charge is -2.11. The number of rotatable bonds is 4. The molecule has 1 atom stereocenters. The van der Waals surface area contributed by atoms with E-state index in [1.807, 2.05) is 18.2 Å². The van der Waals surface area contributed by atoms with Gasteiger partial charge in [-0.05, 0) is 24.6 Å². The highest BCUT2D eigenvalue weighted by molar-refractivity contribution is 7.99. The summed E-state index contributed by atoms with van der Waals surface area (Å²) in [5, 5.41) is 10.9. The normalized spacial score (nSPS) is 12.1. The Morgan fingerprint density at radius 1 is 1.06 bits per heavy atom. The van der Waals surface area contributed by atoms with Gasteiger partial charge in [0.2, 0.25) is 0 Å². The zero-order valence-corrected chi connectivity index (χ0v) is 10.8. The molecule has 4 heteroatoms. The van der Waals surface area contributed by atoms with Crippen molar-refractivity contribution < 1.29 is 4.92 Å². The van der Waals surface area contributed by atoms with Crippen LogP contribution in [-0.4, -0.2) is 4.92 Å². The average molecular weight is 259 g/mol. The first-order chi connectivity index (χ1) is 8.66. The van der Waals surface area contributed by atoms with Crippen LogP contribution in [0.15, 0.2) is 59.5 Å². The Morgan fingerprint density at radius 2 is 1.67 bits per heavy atom. The van der Waals surface area contributed by atoms with Crippen molar-refractivity contribution in [3.05, 3.63) is 70.3 Å². The molecule has 92 valence electrons. The van der Waals surface area contributed by atoms with Crippen LogP contribution in [0.3, 0.4) is 0 Å². The molecule has 0 saturated heterocycles. The largest absolute Gasteiger partial charge is 0.269 e. The molecule has 0 unspecified atom stereocenters. The summed E-state index contributed by atoms with van der Waals surface area (Å²) in [6.45, 7) is 2.13. The number of thioether (sulfide) groups is 1. The van der Waals surface area contributed by atoms with Gasteiger partial charge in [0, 0.05) is 22.3 Å². The summed E-state index contributed by atoms with van der Waals surface area (Å²) in [5.74, 6) is 0. The summed E-state index contributed by atoms with van der Waals surface area (Å²) in [7, 11) is 0. The van der Waals surface area contributed by atoms with Gasteiger partial charge in [-0.25, -0.2) is 0 Å². The van der Waals surface area contributed by atoms with E-state index in [1.54, 1.807) is 36.0 Å². The summed E-state index contributed by atoms with van der Waals surface area (Å²) in [5.41, 5.74) is 1.38. The van der Waals surface area contributed by atoms with Crippen LogP contribution in [0.1, 0.15) is 17.7 Å². The molecule has 0 aliphatic heterocycles. The van der Waals surface area contributed by atoms with E-state index in [4.69, 9.17) is 0 Å². The maximum absolute atomic E-state index is 10.6. The molecular formula is C14H13NO2S. The lowest BCUT2D eigenvalue weighted by Crippen LogP contribution is -1.89. The van der Waals surface area contributed by atoms with E-state index in [2.05, 4.69) is 19.1 Å². The van der Waals surface area contributed by atoms with E-state index in [1.165, 1.54) is 5.56 Å². The topological polar surface area (TPSA) is 43.1 Å². The second kappa shape index (κ2) is 5.69. The van der Waals surface area contributed by atoms with E-state index in [0.29, 0.717) is 5.25 Å². The molecular weight excluding hydrogens is 246 g/mol. The minimum absolute atomic E-state index is 0.131. The first-order valence-electron chi connectivity index (χ1n) is 5.63. The van der Waals surface area contributed by atoms with Gasteiger partial charge in [-0.2, -0.15) is 0 Å². The maximum atomic E-state index is 10.6. The highest BCUT2D eigenvalue weighted by Crippen LogP contribution is 2.35. The van der Waals surface area contributed by atoms with Crippen molar-refractivity contribution in [2.75, 3.05) is 0 Å². The number of benzene rings is 2. The van der Waals surface area contributed by atoms with Gasteiger partial charge in [-0.15, -0.1) is 11.8 Å². The van der Waals surface area contributed by atoms with Crippen LogP contribution >= 0.6 is 11.8 Å². The van der Waals surface area contributed by atoms with Crippen LogP contribution < -0.4 is 0 Å². The van der Waals surface area contributed by atoms with Gasteiger partial charge in [0.25, 0.3) is 5.69 Å². The third-order valence-electron chi connectivity index (χ3n) is 2.63. The zero-order valence-electron chi connectivity index (χ0n) is 9.95. The molecule has 0 spiro atoms. The number of nitrogens with zero attached hydrogens (tertiary/aromatic N) is 1. The number of nitro benzene ring substituents is 1. The Morgan fingerprint density at radius 3 is 2.22 bits per heavy atom. The molecule has 18 heavy (non-hydrogen) atoms. The van der Waals surface area contributed by atoms with Crippen LogP contribution in [0.5, 0.6) is 0 Å². The molecule has 0 bridgehead atoms. The van der Waals surface area contributed by atoms with Crippen molar-refractivity contribution in [2.45, 2.75) is 17.1 Å². The predicted molar refractivity (Wildman–Crippen MR) is 73.8 cm³/mol. The Kier molecular flexibility index (Phi) is 3.99. The van der Waals surface area contributed by atoms with Gasteiger partial charge in [0.05, 0.1) is 4.92 Å². The summed E-state index contributed by atoms with van der Waals surface area (Å²) in [6, 6.07) is 16.9. The molecule has 2 aromatic rings.